The van der Waals surface area contributed by atoms with Gasteiger partial charge in [-0.2, -0.15) is 0 Å². The molecule has 116 valence electrons. The number of amides is 2. The fourth-order valence-electron chi connectivity index (χ4n) is 1.99. The normalized spacial score (nSPS) is 10.1. The maximum atomic E-state index is 12.1. The molecule has 0 aromatic heterocycles. The van der Waals surface area contributed by atoms with Gasteiger partial charge in [0.25, 0.3) is 5.91 Å². The van der Waals surface area contributed by atoms with Gasteiger partial charge in [0.05, 0.1) is 12.1 Å². The molecule has 0 spiro atoms. The first-order chi connectivity index (χ1) is 9.90. The Hall–Kier alpha value is -2.24. The number of nitrogens with two attached hydrogens (primary N) is 1. The van der Waals surface area contributed by atoms with Gasteiger partial charge in [-0.3, -0.25) is 9.59 Å². The first kappa shape index (κ1) is 16.8. The van der Waals surface area contributed by atoms with Crippen molar-refractivity contribution < 1.29 is 9.59 Å². The number of hydrogen-bond donors (Lipinski definition) is 2. The Morgan fingerprint density at radius 3 is 2.33 bits per heavy atom. The summed E-state index contributed by atoms with van der Waals surface area (Å²) in [6, 6.07) is 5.02. The van der Waals surface area contributed by atoms with Crippen molar-refractivity contribution in [1.82, 2.24) is 9.80 Å². The molecule has 6 heteroatoms. The molecule has 0 atom stereocenters. The van der Waals surface area contributed by atoms with E-state index in [1.807, 2.05) is 13.8 Å². The summed E-state index contributed by atoms with van der Waals surface area (Å²) in [5.41, 5.74) is 7.39. The molecule has 0 bridgehead atoms. The van der Waals surface area contributed by atoms with Gasteiger partial charge in [0.1, 0.15) is 0 Å². The van der Waals surface area contributed by atoms with E-state index in [0.29, 0.717) is 30.0 Å². The van der Waals surface area contributed by atoms with E-state index in [2.05, 4.69) is 5.32 Å². The number of hydrogen-bond acceptors (Lipinski definition) is 4. The number of anilines is 2. The zero-order valence-electron chi connectivity index (χ0n) is 13.1. The quantitative estimate of drug-likeness (QED) is 0.774. The Balaban J connectivity index is 2.89. The molecule has 3 N–H and O–H groups in total. The molecule has 0 saturated carbocycles. The van der Waals surface area contributed by atoms with Crippen molar-refractivity contribution in [3.8, 4) is 0 Å². The highest BCUT2D eigenvalue weighted by atomic mass is 16.2. The third kappa shape index (κ3) is 4.37. The second-order valence-corrected chi connectivity index (χ2v) is 4.92. The van der Waals surface area contributed by atoms with Crippen LogP contribution >= 0.6 is 0 Å². The Morgan fingerprint density at radius 1 is 1.19 bits per heavy atom. The van der Waals surface area contributed by atoms with E-state index in [1.165, 1.54) is 4.90 Å². The lowest BCUT2D eigenvalue weighted by Crippen LogP contribution is -2.35. The zero-order chi connectivity index (χ0) is 16.0. The van der Waals surface area contributed by atoms with Gasteiger partial charge in [0.15, 0.2) is 0 Å². The minimum absolute atomic E-state index is 0.00863. The number of nitrogens with zero attached hydrogens (tertiary/aromatic N) is 2. The van der Waals surface area contributed by atoms with Crippen LogP contribution in [0.3, 0.4) is 0 Å². The van der Waals surface area contributed by atoms with Crippen LogP contribution in [0.1, 0.15) is 24.2 Å². The summed E-state index contributed by atoms with van der Waals surface area (Å²) in [5.74, 6) is -0.140. The fourth-order valence-corrected chi connectivity index (χ4v) is 1.99. The zero-order valence-corrected chi connectivity index (χ0v) is 13.1. The number of rotatable bonds is 6. The third-order valence-corrected chi connectivity index (χ3v) is 3.23. The van der Waals surface area contributed by atoms with Gasteiger partial charge >= 0.3 is 0 Å². The lowest BCUT2D eigenvalue weighted by atomic mass is 10.1. The lowest BCUT2D eigenvalue weighted by molar-refractivity contribution is -0.128. The number of nitrogens with one attached hydrogen (secondary N) is 1. The van der Waals surface area contributed by atoms with E-state index >= 15 is 0 Å². The van der Waals surface area contributed by atoms with Crippen LogP contribution < -0.4 is 11.1 Å². The summed E-state index contributed by atoms with van der Waals surface area (Å²) in [6.45, 7) is 5.33. The van der Waals surface area contributed by atoms with Gasteiger partial charge in [-0.1, -0.05) is 0 Å². The predicted molar refractivity (Wildman–Crippen MR) is 85.3 cm³/mol. The summed E-state index contributed by atoms with van der Waals surface area (Å²) in [5, 5.41) is 3.02. The Labute approximate surface area is 125 Å². The van der Waals surface area contributed by atoms with Crippen molar-refractivity contribution in [1.29, 1.82) is 0 Å². The second kappa shape index (κ2) is 7.52. The van der Waals surface area contributed by atoms with Crippen molar-refractivity contribution in [2.45, 2.75) is 13.8 Å². The summed E-state index contributed by atoms with van der Waals surface area (Å²) in [7, 11) is 3.37. The molecule has 1 aromatic rings. The first-order valence-electron chi connectivity index (χ1n) is 7.03. The molecule has 6 nitrogen and oxygen atoms in total. The van der Waals surface area contributed by atoms with Crippen LogP contribution in [0.5, 0.6) is 0 Å². The largest absolute Gasteiger partial charge is 0.399 e. The average Bonchev–Trinajstić information content (AvgIpc) is 2.45. The van der Waals surface area contributed by atoms with Crippen molar-refractivity contribution in [3.63, 3.8) is 0 Å². The summed E-state index contributed by atoms with van der Waals surface area (Å²) in [4.78, 5) is 27.4. The van der Waals surface area contributed by atoms with Gasteiger partial charge in [-0.05, 0) is 32.0 Å². The number of nitrogen functional groups attached to an aromatic ring is 1. The summed E-state index contributed by atoms with van der Waals surface area (Å²) < 4.78 is 0. The molecule has 0 saturated heterocycles. The smallest absolute Gasteiger partial charge is 0.255 e. The van der Waals surface area contributed by atoms with E-state index in [4.69, 9.17) is 5.73 Å². The first-order valence-corrected chi connectivity index (χ1v) is 7.03. The molecule has 1 aromatic carbocycles. The Bertz CT molecular complexity index is 510. The molecular weight excluding hydrogens is 268 g/mol. The van der Waals surface area contributed by atoms with E-state index in [1.54, 1.807) is 37.2 Å². The molecule has 2 amide bonds. The minimum atomic E-state index is -0.132. The maximum Gasteiger partial charge on any atom is 0.255 e. The molecule has 21 heavy (non-hydrogen) atoms. The van der Waals surface area contributed by atoms with Gasteiger partial charge in [-0.15, -0.1) is 0 Å². The van der Waals surface area contributed by atoms with E-state index < -0.39 is 0 Å². The highest BCUT2D eigenvalue weighted by Crippen LogP contribution is 2.20. The standard InChI is InChI=1S/C15H24N4O2/c1-5-19(6-2)14(20)10-17-13-9-11(16)7-8-12(13)15(21)18(3)4/h7-9,17H,5-6,10,16H2,1-4H3. The molecular formula is C15H24N4O2. The fraction of sp³-hybridized carbons (Fsp3) is 0.467. The van der Waals surface area contributed by atoms with Crippen LogP contribution in [0.25, 0.3) is 0 Å². The van der Waals surface area contributed by atoms with Gasteiger partial charge in [0, 0.05) is 38.6 Å². The molecule has 0 aliphatic carbocycles. The van der Waals surface area contributed by atoms with E-state index in [0.717, 1.165) is 0 Å². The topological polar surface area (TPSA) is 78.7 Å². The van der Waals surface area contributed by atoms with E-state index in [9.17, 15) is 9.59 Å². The lowest BCUT2D eigenvalue weighted by Gasteiger charge is -2.20. The maximum absolute atomic E-state index is 12.1. The molecule has 0 aliphatic rings. The van der Waals surface area contributed by atoms with E-state index in [-0.39, 0.29) is 18.4 Å². The van der Waals surface area contributed by atoms with Gasteiger partial charge < -0.3 is 20.9 Å². The summed E-state index contributed by atoms with van der Waals surface area (Å²) >= 11 is 0. The van der Waals surface area contributed by atoms with Crippen molar-refractivity contribution in [2.75, 3.05) is 44.8 Å². The van der Waals surface area contributed by atoms with Crippen LogP contribution in [0.4, 0.5) is 11.4 Å². The molecule has 0 heterocycles. The van der Waals surface area contributed by atoms with Crippen molar-refractivity contribution in [2.24, 2.45) is 0 Å². The SMILES string of the molecule is CCN(CC)C(=O)CNc1cc(N)ccc1C(=O)N(C)C. The molecule has 0 radical (unpaired) electrons. The van der Waals surface area contributed by atoms with Crippen LogP contribution in [0.15, 0.2) is 18.2 Å². The Morgan fingerprint density at radius 2 is 1.81 bits per heavy atom. The van der Waals surface area contributed by atoms with Crippen molar-refractivity contribution in [3.05, 3.63) is 23.8 Å². The van der Waals surface area contributed by atoms with Crippen LogP contribution in [-0.4, -0.2) is 55.3 Å². The van der Waals surface area contributed by atoms with Gasteiger partial charge in [-0.25, -0.2) is 0 Å². The highest BCUT2D eigenvalue weighted by molar-refractivity contribution is 6.00. The minimum Gasteiger partial charge on any atom is -0.399 e. The third-order valence-electron chi connectivity index (χ3n) is 3.23. The Kier molecular flexibility index (Phi) is 6.02. The molecule has 0 aliphatic heterocycles. The van der Waals surface area contributed by atoms with Crippen LogP contribution in [0.2, 0.25) is 0 Å². The van der Waals surface area contributed by atoms with Crippen LogP contribution in [-0.2, 0) is 4.79 Å². The van der Waals surface area contributed by atoms with Crippen molar-refractivity contribution >= 4 is 23.2 Å². The second-order valence-electron chi connectivity index (χ2n) is 4.92. The average molecular weight is 292 g/mol. The molecule has 0 unspecified atom stereocenters. The predicted octanol–water partition coefficient (Wildman–Crippen LogP) is 1.25. The number of benzene rings is 1. The van der Waals surface area contributed by atoms with Crippen LogP contribution in [0, 0.1) is 0 Å². The number of carbonyl (C=O) groups is 2. The molecule has 1 rings (SSSR count). The molecule has 0 fully saturated rings. The highest BCUT2D eigenvalue weighted by Gasteiger charge is 2.15. The summed E-state index contributed by atoms with van der Waals surface area (Å²) in [6.07, 6.45) is 0. The van der Waals surface area contributed by atoms with Gasteiger partial charge in [0.2, 0.25) is 5.91 Å². The number of carbonyl (C=O) groups excluding carboxylic acids is 2. The monoisotopic (exact) mass is 292 g/mol. The number of likely N-dealkylation sites (N-methyl/N-ethyl adjacent to an activating group) is 1.